The number of halogens is 1. The first-order chi connectivity index (χ1) is 7.94. The average molecular weight is 239 g/mol. The van der Waals surface area contributed by atoms with E-state index in [9.17, 15) is 4.39 Å². The molecular formula is C14H22FNO. The maximum Gasteiger partial charge on any atom is 0.126 e. The minimum absolute atomic E-state index is 0.0250. The molecule has 1 unspecified atom stereocenters. The van der Waals surface area contributed by atoms with Gasteiger partial charge in [0.15, 0.2) is 0 Å². The summed E-state index contributed by atoms with van der Waals surface area (Å²) in [6.45, 7) is 7.51. The zero-order valence-corrected chi connectivity index (χ0v) is 11.1. The second kappa shape index (κ2) is 6.12. The number of hydrogen-bond donors (Lipinski definition) is 1. The summed E-state index contributed by atoms with van der Waals surface area (Å²) in [5, 5.41) is 3.39. The largest absolute Gasteiger partial charge is 0.384 e. The van der Waals surface area contributed by atoms with Crippen LogP contribution in [0.15, 0.2) is 24.3 Å². The van der Waals surface area contributed by atoms with E-state index in [4.69, 9.17) is 4.74 Å². The molecule has 0 radical (unpaired) electrons. The summed E-state index contributed by atoms with van der Waals surface area (Å²) in [6.07, 6.45) is 0. The van der Waals surface area contributed by atoms with Crippen molar-refractivity contribution < 1.29 is 9.13 Å². The van der Waals surface area contributed by atoms with Crippen molar-refractivity contribution in [3.63, 3.8) is 0 Å². The lowest BCUT2D eigenvalue weighted by Gasteiger charge is -2.25. The van der Waals surface area contributed by atoms with Crippen LogP contribution in [0.1, 0.15) is 32.3 Å². The third kappa shape index (κ3) is 4.84. The fraction of sp³-hybridized carbons (Fsp3) is 0.571. The highest BCUT2D eigenvalue weighted by Gasteiger charge is 2.18. The lowest BCUT2D eigenvalue weighted by Crippen LogP contribution is -2.39. The quantitative estimate of drug-likeness (QED) is 0.853. The van der Waals surface area contributed by atoms with Crippen molar-refractivity contribution in [2.24, 2.45) is 0 Å². The Morgan fingerprint density at radius 2 is 1.94 bits per heavy atom. The van der Waals surface area contributed by atoms with Gasteiger partial charge in [0.25, 0.3) is 0 Å². The smallest absolute Gasteiger partial charge is 0.126 e. The highest BCUT2D eigenvalue weighted by atomic mass is 19.1. The summed E-state index contributed by atoms with van der Waals surface area (Å²) in [7, 11) is 1.64. The Morgan fingerprint density at radius 3 is 2.47 bits per heavy atom. The van der Waals surface area contributed by atoms with Crippen molar-refractivity contribution in [3.8, 4) is 0 Å². The molecule has 0 heterocycles. The van der Waals surface area contributed by atoms with E-state index in [2.05, 4.69) is 26.1 Å². The van der Waals surface area contributed by atoms with Gasteiger partial charge in [-0.2, -0.15) is 0 Å². The zero-order valence-electron chi connectivity index (χ0n) is 11.1. The van der Waals surface area contributed by atoms with Gasteiger partial charge in [-0.05, 0) is 32.4 Å². The number of ether oxygens (including phenoxy) is 1. The van der Waals surface area contributed by atoms with Gasteiger partial charge in [-0.15, -0.1) is 0 Å². The molecule has 0 aliphatic carbocycles. The summed E-state index contributed by atoms with van der Waals surface area (Å²) in [6, 6.07) is 6.89. The Hall–Kier alpha value is -0.930. The maximum absolute atomic E-state index is 13.7. The highest BCUT2D eigenvalue weighted by Crippen LogP contribution is 2.19. The van der Waals surface area contributed by atoms with Crippen LogP contribution in [0.4, 0.5) is 4.39 Å². The number of nitrogens with one attached hydrogen (secondary N) is 1. The van der Waals surface area contributed by atoms with Crippen molar-refractivity contribution in [3.05, 3.63) is 35.6 Å². The second-order valence-corrected chi connectivity index (χ2v) is 5.30. The fourth-order valence-electron chi connectivity index (χ4n) is 1.70. The van der Waals surface area contributed by atoms with E-state index < -0.39 is 0 Å². The first kappa shape index (κ1) is 14.1. The average Bonchev–Trinajstić information content (AvgIpc) is 2.24. The summed E-state index contributed by atoms with van der Waals surface area (Å²) >= 11 is 0. The molecule has 0 fully saturated rings. The second-order valence-electron chi connectivity index (χ2n) is 5.30. The fourth-order valence-corrected chi connectivity index (χ4v) is 1.70. The molecule has 0 aromatic heterocycles. The van der Waals surface area contributed by atoms with Crippen LogP contribution < -0.4 is 5.32 Å². The van der Waals surface area contributed by atoms with Crippen molar-refractivity contribution >= 4 is 0 Å². The Kier molecular flexibility index (Phi) is 5.09. The van der Waals surface area contributed by atoms with Gasteiger partial charge in [0, 0.05) is 25.1 Å². The van der Waals surface area contributed by atoms with Crippen molar-refractivity contribution in [2.45, 2.75) is 32.2 Å². The molecule has 0 aliphatic rings. The van der Waals surface area contributed by atoms with Crippen molar-refractivity contribution in [1.29, 1.82) is 0 Å². The van der Waals surface area contributed by atoms with Crippen LogP contribution >= 0.6 is 0 Å². The lowest BCUT2D eigenvalue weighted by atomic mass is 9.97. The Bertz CT molecular complexity index is 346. The summed E-state index contributed by atoms with van der Waals surface area (Å²) < 4.78 is 18.9. The molecule has 1 rings (SSSR count). The zero-order chi connectivity index (χ0) is 12.9. The third-order valence-electron chi connectivity index (χ3n) is 2.59. The van der Waals surface area contributed by atoms with E-state index in [1.807, 2.05) is 12.1 Å². The summed E-state index contributed by atoms with van der Waals surface area (Å²) in [4.78, 5) is 0. The van der Waals surface area contributed by atoms with Crippen LogP contribution in [-0.4, -0.2) is 25.8 Å². The molecule has 96 valence electrons. The predicted molar refractivity (Wildman–Crippen MR) is 68.8 cm³/mol. The van der Waals surface area contributed by atoms with Crippen molar-refractivity contribution in [2.75, 3.05) is 20.3 Å². The van der Waals surface area contributed by atoms with Crippen LogP contribution in [0.2, 0.25) is 0 Å². The van der Waals surface area contributed by atoms with Gasteiger partial charge in [-0.25, -0.2) is 4.39 Å². The molecular weight excluding hydrogens is 217 g/mol. The van der Waals surface area contributed by atoms with E-state index in [0.717, 1.165) is 0 Å². The van der Waals surface area contributed by atoms with Gasteiger partial charge < -0.3 is 10.1 Å². The van der Waals surface area contributed by atoms with E-state index in [1.54, 1.807) is 13.2 Å². The highest BCUT2D eigenvalue weighted by molar-refractivity contribution is 5.22. The van der Waals surface area contributed by atoms with Crippen molar-refractivity contribution in [1.82, 2.24) is 5.32 Å². The molecule has 1 aromatic rings. The molecule has 0 saturated heterocycles. The predicted octanol–water partition coefficient (Wildman–Crippen LogP) is 2.94. The van der Waals surface area contributed by atoms with Gasteiger partial charge in [-0.1, -0.05) is 18.2 Å². The SMILES string of the molecule is COCC(CNC(C)(C)C)c1ccccc1F. The van der Waals surface area contributed by atoms with E-state index in [1.165, 1.54) is 6.07 Å². The van der Waals surface area contributed by atoms with Gasteiger partial charge in [-0.3, -0.25) is 0 Å². The molecule has 1 atom stereocenters. The van der Waals surface area contributed by atoms with Gasteiger partial charge in [0.1, 0.15) is 5.82 Å². The molecule has 0 amide bonds. The minimum atomic E-state index is -0.162. The molecule has 1 aromatic carbocycles. The molecule has 2 nitrogen and oxygen atoms in total. The first-order valence-corrected chi connectivity index (χ1v) is 5.92. The molecule has 1 N–H and O–H groups in total. The maximum atomic E-state index is 13.7. The van der Waals surface area contributed by atoms with E-state index in [0.29, 0.717) is 18.7 Å². The molecule has 0 spiro atoms. The molecule has 0 aliphatic heterocycles. The molecule has 0 saturated carbocycles. The first-order valence-electron chi connectivity index (χ1n) is 5.92. The third-order valence-corrected chi connectivity index (χ3v) is 2.59. The topological polar surface area (TPSA) is 21.3 Å². The lowest BCUT2D eigenvalue weighted by molar-refractivity contribution is 0.173. The molecule has 3 heteroatoms. The van der Waals surface area contributed by atoms with Crippen LogP contribution in [0.25, 0.3) is 0 Å². The van der Waals surface area contributed by atoms with Gasteiger partial charge in [0.05, 0.1) is 6.61 Å². The van der Waals surface area contributed by atoms with Crippen LogP contribution in [0.5, 0.6) is 0 Å². The van der Waals surface area contributed by atoms with E-state index in [-0.39, 0.29) is 17.3 Å². The van der Waals surface area contributed by atoms with Gasteiger partial charge in [0.2, 0.25) is 0 Å². The number of hydrogen-bond acceptors (Lipinski definition) is 2. The Morgan fingerprint density at radius 1 is 1.29 bits per heavy atom. The number of methoxy groups -OCH3 is 1. The van der Waals surface area contributed by atoms with E-state index >= 15 is 0 Å². The normalized spacial score (nSPS) is 13.7. The Balaban J connectivity index is 2.75. The summed E-state index contributed by atoms with van der Waals surface area (Å²) in [5.74, 6) is -0.120. The molecule has 17 heavy (non-hydrogen) atoms. The monoisotopic (exact) mass is 239 g/mol. The summed E-state index contributed by atoms with van der Waals surface area (Å²) in [5.41, 5.74) is 0.739. The number of rotatable bonds is 5. The molecule has 0 bridgehead atoms. The van der Waals surface area contributed by atoms with Crippen LogP contribution in [0, 0.1) is 5.82 Å². The van der Waals surface area contributed by atoms with Crippen LogP contribution in [-0.2, 0) is 4.74 Å². The number of benzene rings is 1. The Labute approximate surface area is 103 Å². The minimum Gasteiger partial charge on any atom is -0.384 e. The van der Waals surface area contributed by atoms with Crippen LogP contribution in [0.3, 0.4) is 0 Å². The standard InChI is InChI=1S/C14H22FNO/c1-14(2,3)16-9-11(10-17-4)12-7-5-6-8-13(12)15/h5-8,11,16H,9-10H2,1-4H3. The van der Waals surface area contributed by atoms with Gasteiger partial charge >= 0.3 is 0 Å².